The van der Waals surface area contributed by atoms with Crippen LogP contribution < -0.4 is 5.32 Å². The van der Waals surface area contributed by atoms with E-state index in [0.29, 0.717) is 11.5 Å². The zero-order valence-corrected chi connectivity index (χ0v) is 8.38. The Kier molecular flexibility index (Phi) is 1.72. The molecule has 74 valence electrons. The molecule has 13 heavy (non-hydrogen) atoms. The molecule has 3 atom stereocenters. The number of nitrogens with one attached hydrogen (secondary N) is 1. The van der Waals surface area contributed by atoms with Crippen LogP contribution >= 0.6 is 0 Å². The molecule has 1 spiro atoms. The Hall–Kier alpha value is -0.0800. The first-order valence-corrected chi connectivity index (χ1v) is 5.73. The van der Waals surface area contributed by atoms with E-state index in [1.54, 1.807) is 0 Å². The highest BCUT2D eigenvalue weighted by Gasteiger charge is 2.66. The first-order valence-electron chi connectivity index (χ1n) is 5.73. The highest BCUT2D eigenvalue weighted by atomic mass is 16.5. The predicted octanol–water partition coefficient (Wildman–Crippen LogP) is 1.55. The number of fused-ring (bicyclic) bond motifs is 2. The van der Waals surface area contributed by atoms with Crippen molar-refractivity contribution in [1.82, 2.24) is 5.32 Å². The van der Waals surface area contributed by atoms with E-state index in [9.17, 15) is 0 Å². The molecule has 3 fully saturated rings. The molecule has 0 radical (unpaired) electrons. The fourth-order valence-electron chi connectivity index (χ4n) is 3.78. The van der Waals surface area contributed by atoms with Crippen molar-refractivity contribution in [2.75, 3.05) is 13.2 Å². The van der Waals surface area contributed by atoms with Crippen molar-refractivity contribution in [2.45, 2.75) is 44.8 Å². The maximum Gasteiger partial charge on any atom is 0.0690 e. The monoisotopic (exact) mass is 181 g/mol. The van der Waals surface area contributed by atoms with Gasteiger partial charge < -0.3 is 10.1 Å². The van der Waals surface area contributed by atoms with Crippen molar-refractivity contribution in [3.05, 3.63) is 0 Å². The highest BCUT2D eigenvalue weighted by Crippen LogP contribution is 2.62. The van der Waals surface area contributed by atoms with Crippen LogP contribution in [-0.2, 0) is 4.74 Å². The van der Waals surface area contributed by atoms with Gasteiger partial charge >= 0.3 is 0 Å². The summed E-state index contributed by atoms with van der Waals surface area (Å²) in [6.45, 7) is 4.35. The van der Waals surface area contributed by atoms with Crippen LogP contribution in [0.1, 0.15) is 32.6 Å². The van der Waals surface area contributed by atoms with Crippen LogP contribution in [0.15, 0.2) is 0 Å². The van der Waals surface area contributed by atoms with Crippen molar-refractivity contribution in [3.63, 3.8) is 0 Å². The van der Waals surface area contributed by atoms with Gasteiger partial charge in [0.25, 0.3) is 0 Å². The molecule has 2 saturated carbocycles. The zero-order chi connectivity index (χ0) is 8.89. The third-order valence-electron chi connectivity index (χ3n) is 4.46. The van der Waals surface area contributed by atoms with Gasteiger partial charge in [0.2, 0.25) is 0 Å². The van der Waals surface area contributed by atoms with Gasteiger partial charge in [0.15, 0.2) is 0 Å². The average Bonchev–Trinajstić information content (AvgIpc) is 2.43. The number of hydrogen-bond acceptors (Lipinski definition) is 2. The topological polar surface area (TPSA) is 21.3 Å². The molecule has 2 heteroatoms. The quantitative estimate of drug-likeness (QED) is 0.698. The standard InChI is InChI=1S/C11H19NO/c1-2-12-9-8-4-7-13-10(8)11(9)5-3-6-11/h8-10,12H,2-7H2,1H3/t8-,9?,10-/m1/s1. The molecule has 0 bridgehead atoms. The van der Waals surface area contributed by atoms with Gasteiger partial charge in [-0.2, -0.15) is 0 Å². The van der Waals surface area contributed by atoms with E-state index in [2.05, 4.69) is 12.2 Å². The lowest BCUT2D eigenvalue weighted by Gasteiger charge is -2.63. The van der Waals surface area contributed by atoms with Crippen molar-refractivity contribution in [1.29, 1.82) is 0 Å². The molecule has 3 aliphatic rings. The number of rotatable bonds is 2. The van der Waals surface area contributed by atoms with Gasteiger partial charge in [0.05, 0.1) is 6.10 Å². The summed E-state index contributed by atoms with van der Waals surface area (Å²) in [6, 6.07) is 0.791. The normalized spacial score (nSPS) is 45.5. The molecular formula is C11H19NO. The SMILES string of the molecule is CCNC1[C@H]2CCO[C@H]2C12CCC2. The Morgan fingerprint density at radius 3 is 2.92 bits per heavy atom. The second-order valence-electron chi connectivity index (χ2n) is 4.87. The summed E-state index contributed by atoms with van der Waals surface area (Å²) in [4.78, 5) is 0. The summed E-state index contributed by atoms with van der Waals surface area (Å²) in [5.41, 5.74) is 0.581. The van der Waals surface area contributed by atoms with Crippen molar-refractivity contribution < 1.29 is 4.74 Å². The Morgan fingerprint density at radius 1 is 1.46 bits per heavy atom. The molecule has 0 aromatic heterocycles. The van der Waals surface area contributed by atoms with E-state index in [-0.39, 0.29) is 0 Å². The summed E-state index contributed by atoms with van der Waals surface area (Å²) in [5, 5.41) is 3.67. The summed E-state index contributed by atoms with van der Waals surface area (Å²) in [7, 11) is 0. The third-order valence-corrected chi connectivity index (χ3v) is 4.46. The van der Waals surface area contributed by atoms with Crippen LogP contribution in [0, 0.1) is 11.3 Å². The highest BCUT2D eigenvalue weighted by molar-refractivity contribution is 5.18. The molecule has 1 heterocycles. The minimum atomic E-state index is 0.581. The van der Waals surface area contributed by atoms with E-state index >= 15 is 0 Å². The lowest BCUT2D eigenvalue weighted by molar-refractivity contribution is -0.175. The van der Waals surface area contributed by atoms with E-state index in [4.69, 9.17) is 4.74 Å². The molecule has 1 aliphatic heterocycles. The van der Waals surface area contributed by atoms with Gasteiger partial charge in [0.1, 0.15) is 0 Å². The molecule has 3 rings (SSSR count). The lowest BCUT2D eigenvalue weighted by Crippen LogP contribution is -2.70. The van der Waals surface area contributed by atoms with Crippen LogP contribution in [0.4, 0.5) is 0 Å². The Balaban J connectivity index is 1.77. The second-order valence-corrected chi connectivity index (χ2v) is 4.87. The summed E-state index contributed by atoms with van der Waals surface area (Å²) in [5.74, 6) is 0.847. The maximum atomic E-state index is 5.85. The minimum absolute atomic E-state index is 0.581. The maximum absolute atomic E-state index is 5.85. The van der Waals surface area contributed by atoms with Crippen LogP contribution in [0.5, 0.6) is 0 Å². The molecule has 1 unspecified atom stereocenters. The summed E-state index contributed by atoms with van der Waals surface area (Å²) < 4.78 is 5.85. The zero-order valence-electron chi connectivity index (χ0n) is 8.38. The van der Waals surface area contributed by atoms with Crippen LogP contribution in [0.25, 0.3) is 0 Å². The van der Waals surface area contributed by atoms with Crippen molar-refractivity contribution in [2.24, 2.45) is 11.3 Å². The number of ether oxygens (including phenoxy) is 1. The molecule has 0 aromatic carbocycles. The van der Waals surface area contributed by atoms with E-state index in [1.165, 1.54) is 25.7 Å². The van der Waals surface area contributed by atoms with E-state index in [1.807, 2.05) is 0 Å². The lowest BCUT2D eigenvalue weighted by atomic mass is 9.46. The first kappa shape index (κ1) is 8.25. The molecule has 1 N–H and O–H groups in total. The van der Waals surface area contributed by atoms with Gasteiger partial charge in [-0.1, -0.05) is 13.3 Å². The molecule has 2 aliphatic carbocycles. The molecule has 0 amide bonds. The first-order chi connectivity index (χ1) is 6.38. The smallest absolute Gasteiger partial charge is 0.0690 e. The fourth-order valence-corrected chi connectivity index (χ4v) is 3.78. The molecule has 0 aromatic rings. The van der Waals surface area contributed by atoms with Gasteiger partial charge in [0, 0.05) is 24.0 Å². The van der Waals surface area contributed by atoms with Crippen LogP contribution in [-0.4, -0.2) is 25.3 Å². The van der Waals surface area contributed by atoms with Gasteiger partial charge in [-0.15, -0.1) is 0 Å². The van der Waals surface area contributed by atoms with Gasteiger partial charge in [-0.05, 0) is 25.8 Å². The largest absolute Gasteiger partial charge is 0.377 e. The molecule has 2 nitrogen and oxygen atoms in total. The Bertz CT molecular complexity index is 212. The van der Waals surface area contributed by atoms with Gasteiger partial charge in [-0.3, -0.25) is 0 Å². The van der Waals surface area contributed by atoms with Crippen molar-refractivity contribution >= 4 is 0 Å². The van der Waals surface area contributed by atoms with E-state index in [0.717, 1.165) is 25.1 Å². The summed E-state index contributed by atoms with van der Waals surface area (Å²) >= 11 is 0. The van der Waals surface area contributed by atoms with Crippen molar-refractivity contribution in [3.8, 4) is 0 Å². The minimum Gasteiger partial charge on any atom is -0.377 e. The molecular weight excluding hydrogens is 162 g/mol. The Morgan fingerprint density at radius 2 is 2.31 bits per heavy atom. The van der Waals surface area contributed by atoms with Gasteiger partial charge in [-0.25, -0.2) is 0 Å². The Labute approximate surface area is 80.0 Å². The summed E-state index contributed by atoms with van der Waals surface area (Å²) in [6.07, 6.45) is 6.17. The third kappa shape index (κ3) is 0.861. The van der Waals surface area contributed by atoms with Crippen LogP contribution in [0.3, 0.4) is 0 Å². The van der Waals surface area contributed by atoms with Crippen LogP contribution in [0.2, 0.25) is 0 Å². The van der Waals surface area contributed by atoms with E-state index < -0.39 is 0 Å². The average molecular weight is 181 g/mol. The second kappa shape index (κ2) is 2.71. The fraction of sp³-hybridized carbons (Fsp3) is 1.00. The number of hydrogen-bond donors (Lipinski definition) is 1. The molecule has 1 saturated heterocycles. The predicted molar refractivity (Wildman–Crippen MR) is 51.6 cm³/mol.